The standard InChI is InChI=1S/C23H22F2N4O4S/c1-33-11-10-29(22(32)15-6-8-16(24)9-7-15)13-21(31)28-23-26-17(14-34-23)12-20(30)27-19-5-3-2-4-18(19)25/h2-9,14H,10-13H2,1H3,(H,27,30)(H,26,28,31). The average molecular weight is 489 g/mol. The second kappa shape index (κ2) is 12.0. The van der Waals surface area contributed by atoms with Gasteiger partial charge in [0.05, 0.1) is 24.4 Å². The summed E-state index contributed by atoms with van der Waals surface area (Å²) in [6.07, 6.45) is -0.107. The molecule has 3 rings (SSSR count). The van der Waals surface area contributed by atoms with Crippen molar-refractivity contribution in [2.45, 2.75) is 6.42 Å². The molecule has 0 bridgehead atoms. The normalized spacial score (nSPS) is 10.6. The molecule has 2 aromatic carbocycles. The van der Waals surface area contributed by atoms with Crippen molar-refractivity contribution >= 4 is 39.9 Å². The highest BCUT2D eigenvalue weighted by molar-refractivity contribution is 7.13. The summed E-state index contributed by atoms with van der Waals surface area (Å²) >= 11 is 1.11. The van der Waals surface area contributed by atoms with Crippen LogP contribution in [0.25, 0.3) is 0 Å². The number of nitrogens with zero attached hydrogens (tertiary/aromatic N) is 2. The molecule has 3 aromatic rings. The Bertz CT molecular complexity index is 1150. The molecule has 0 atom stereocenters. The third-order valence-electron chi connectivity index (χ3n) is 4.57. The van der Waals surface area contributed by atoms with E-state index in [0.29, 0.717) is 5.69 Å². The van der Waals surface area contributed by atoms with Crippen LogP contribution in [0.1, 0.15) is 16.1 Å². The minimum atomic E-state index is -0.546. The molecule has 178 valence electrons. The fraction of sp³-hybridized carbons (Fsp3) is 0.217. The number of amides is 3. The number of para-hydroxylation sites is 1. The molecule has 0 aliphatic heterocycles. The molecule has 11 heteroatoms. The molecule has 0 aliphatic rings. The Morgan fingerprint density at radius 2 is 1.76 bits per heavy atom. The van der Waals surface area contributed by atoms with Gasteiger partial charge in [-0.2, -0.15) is 0 Å². The van der Waals surface area contributed by atoms with Crippen molar-refractivity contribution in [3.63, 3.8) is 0 Å². The molecule has 34 heavy (non-hydrogen) atoms. The van der Waals surface area contributed by atoms with Gasteiger partial charge in [0.15, 0.2) is 5.13 Å². The van der Waals surface area contributed by atoms with E-state index in [-0.39, 0.29) is 42.5 Å². The van der Waals surface area contributed by atoms with Crippen LogP contribution >= 0.6 is 11.3 Å². The first kappa shape index (κ1) is 24.9. The Hall–Kier alpha value is -3.70. The summed E-state index contributed by atoms with van der Waals surface area (Å²) in [4.78, 5) is 42.9. The van der Waals surface area contributed by atoms with E-state index in [2.05, 4.69) is 15.6 Å². The Kier molecular flexibility index (Phi) is 8.77. The summed E-state index contributed by atoms with van der Waals surface area (Å²) in [6, 6.07) is 10.8. The van der Waals surface area contributed by atoms with Crippen molar-refractivity contribution in [2.24, 2.45) is 0 Å². The lowest BCUT2D eigenvalue weighted by molar-refractivity contribution is -0.117. The number of aromatic nitrogens is 1. The fourth-order valence-corrected chi connectivity index (χ4v) is 3.65. The van der Waals surface area contributed by atoms with Crippen LogP contribution in [0.3, 0.4) is 0 Å². The lowest BCUT2D eigenvalue weighted by atomic mass is 10.2. The van der Waals surface area contributed by atoms with Crippen LogP contribution in [0.4, 0.5) is 19.6 Å². The molecule has 1 heterocycles. The number of nitrogens with one attached hydrogen (secondary N) is 2. The zero-order chi connectivity index (χ0) is 24.5. The number of hydrogen-bond donors (Lipinski definition) is 2. The Labute approximate surface area is 198 Å². The van der Waals surface area contributed by atoms with Crippen molar-refractivity contribution < 1.29 is 27.9 Å². The molecule has 0 saturated heterocycles. The molecule has 1 aromatic heterocycles. The first-order chi connectivity index (χ1) is 16.4. The predicted octanol–water partition coefficient (Wildman–Crippen LogP) is 3.33. The number of anilines is 2. The maximum absolute atomic E-state index is 13.7. The van der Waals surface area contributed by atoms with E-state index in [1.807, 2.05) is 0 Å². The minimum Gasteiger partial charge on any atom is -0.383 e. The lowest BCUT2D eigenvalue weighted by Gasteiger charge is -2.21. The number of benzene rings is 2. The maximum Gasteiger partial charge on any atom is 0.254 e. The number of methoxy groups -OCH3 is 1. The summed E-state index contributed by atoms with van der Waals surface area (Å²) in [7, 11) is 1.47. The lowest BCUT2D eigenvalue weighted by Crippen LogP contribution is -2.40. The molecule has 8 nitrogen and oxygen atoms in total. The Morgan fingerprint density at radius 3 is 2.47 bits per heavy atom. The number of halogens is 2. The van der Waals surface area contributed by atoms with Gasteiger partial charge in [0.1, 0.15) is 18.2 Å². The summed E-state index contributed by atoms with van der Waals surface area (Å²) in [5.41, 5.74) is 0.702. The first-order valence-corrected chi connectivity index (χ1v) is 11.1. The SMILES string of the molecule is COCCN(CC(=O)Nc1nc(CC(=O)Nc2ccccc2F)cs1)C(=O)c1ccc(F)cc1. The van der Waals surface area contributed by atoms with Gasteiger partial charge < -0.3 is 20.3 Å². The van der Waals surface area contributed by atoms with E-state index in [1.165, 1.54) is 54.5 Å². The van der Waals surface area contributed by atoms with E-state index in [9.17, 15) is 23.2 Å². The Morgan fingerprint density at radius 1 is 1.03 bits per heavy atom. The molecule has 0 spiro atoms. The largest absolute Gasteiger partial charge is 0.383 e. The average Bonchev–Trinajstić information content (AvgIpc) is 3.24. The van der Waals surface area contributed by atoms with E-state index >= 15 is 0 Å². The van der Waals surface area contributed by atoms with Gasteiger partial charge in [-0.25, -0.2) is 13.8 Å². The number of rotatable bonds is 10. The molecule has 0 saturated carbocycles. The van der Waals surface area contributed by atoms with Crippen LogP contribution in [0.15, 0.2) is 53.9 Å². The zero-order valence-electron chi connectivity index (χ0n) is 18.2. The maximum atomic E-state index is 13.7. The van der Waals surface area contributed by atoms with Crippen LogP contribution in [0, 0.1) is 11.6 Å². The molecule has 0 radical (unpaired) electrons. The number of thiazole rings is 1. The van der Waals surface area contributed by atoms with Gasteiger partial charge in [-0.05, 0) is 36.4 Å². The van der Waals surface area contributed by atoms with Crippen LogP contribution in [0.2, 0.25) is 0 Å². The summed E-state index contributed by atoms with van der Waals surface area (Å²) in [5, 5.41) is 6.92. The van der Waals surface area contributed by atoms with Crippen LogP contribution in [-0.4, -0.2) is 54.4 Å². The second-order valence-electron chi connectivity index (χ2n) is 7.12. The van der Waals surface area contributed by atoms with Gasteiger partial charge in [0, 0.05) is 24.6 Å². The van der Waals surface area contributed by atoms with Crippen molar-refractivity contribution in [1.29, 1.82) is 0 Å². The van der Waals surface area contributed by atoms with Gasteiger partial charge in [-0.1, -0.05) is 12.1 Å². The predicted molar refractivity (Wildman–Crippen MR) is 124 cm³/mol. The fourth-order valence-electron chi connectivity index (χ4n) is 2.93. The quantitative estimate of drug-likeness (QED) is 0.456. The second-order valence-corrected chi connectivity index (χ2v) is 7.98. The van der Waals surface area contributed by atoms with E-state index in [1.54, 1.807) is 11.4 Å². The molecule has 0 aliphatic carbocycles. The van der Waals surface area contributed by atoms with Crippen LogP contribution in [-0.2, 0) is 20.7 Å². The minimum absolute atomic E-state index is 0.0678. The number of ether oxygens (including phenoxy) is 1. The van der Waals surface area contributed by atoms with Crippen molar-refractivity contribution in [3.05, 3.63) is 76.8 Å². The van der Waals surface area contributed by atoms with Gasteiger partial charge >= 0.3 is 0 Å². The third kappa shape index (κ3) is 7.15. The summed E-state index contributed by atoms with van der Waals surface area (Å²) < 4.78 is 31.8. The number of carbonyl (C=O) groups excluding carboxylic acids is 3. The zero-order valence-corrected chi connectivity index (χ0v) is 19.0. The van der Waals surface area contributed by atoms with Crippen molar-refractivity contribution in [3.8, 4) is 0 Å². The molecule has 0 unspecified atom stereocenters. The van der Waals surface area contributed by atoms with E-state index in [0.717, 1.165) is 11.3 Å². The van der Waals surface area contributed by atoms with Gasteiger partial charge in [0.25, 0.3) is 5.91 Å². The summed E-state index contributed by atoms with van der Waals surface area (Å²) in [5.74, 6) is -2.42. The van der Waals surface area contributed by atoms with Gasteiger partial charge in [0.2, 0.25) is 11.8 Å². The highest BCUT2D eigenvalue weighted by Gasteiger charge is 2.20. The smallest absolute Gasteiger partial charge is 0.254 e. The number of carbonyl (C=O) groups is 3. The van der Waals surface area contributed by atoms with Gasteiger partial charge in [-0.3, -0.25) is 14.4 Å². The molecule has 2 N–H and O–H groups in total. The topological polar surface area (TPSA) is 101 Å². The molecular weight excluding hydrogens is 466 g/mol. The number of hydrogen-bond acceptors (Lipinski definition) is 6. The first-order valence-electron chi connectivity index (χ1n) is 10.2. The molecule has 0 fully saturated rings. The molecule has 3 amide bonds. The van der Waals surface area contributed by atoms with E-state index < -0.39 is 29.4 Å². The monoisotopic (exact) mass is 488 g/mol. The molecular formula is C23H22F2N4O4S. The van der Waals surface area contributed by atoms with Crippen LogP contribution < -0.4 is 10.6 Å². The van der Waals surface area contributed by atoms with Crippen molar-refractivity contribution in [2.75, 3.05) is 37.4 Å². The van der Waals surface area contributed by atoms with Crippen molar-refractivity contribution in [1.82, 2.24) is 9.88 Å². The summed E-state index contributed by atoms with van der Waals surface area (Å²) in [6.45, 7) is 0.0838. The highest BCUT2D eigenvalue weighted by atomic mass is 32.1. The Balaban J connectivity index is 1.57. The van der Waals surface area contributed by atoms with E-state index in [4.69, 9.17) is 4.74 Å². The van der Waals surface area contributed by atoms with Gasteiger partial charge in [-0.15, -0.1) is 11.3 Å². The van der Waals surface area contributed by atoms with Crippen LogP contribution in [0.5, 0.6) is 0 Å². The highest BCUT2D eigenvalue weighted by Crippen LogP contribution is 2.18. The third-order valence-corrected chi connectivity index (χ3v) is 5.37.